The first kappa shape index (κ1) is 14.4. The topological polar surface area (TPSA) is 66.4 Å². The van der Waals surface area contributed by atoms with Gasteiger partial charge in [0.2, 0.25) is 5.91 Å². The van der Waals surface area contributed by atoms with Crippen LogP contribution in [0.15, 0.2) is 34.8 Å². The molecule has 0 fully saturated rings. The minimum atomic E-state index is -0.931. The van der Waals surface area contributed by atoms with E-state index in [0.29, 0.717) is 0 Å². The molecule has 18 heavy (non-hydrogen) atoms. The Balaban J connectivity index is 2.49. The molecule has 96 valence electrons. The van der Waals surface area contributed by atoms with Gasteiger partial charge >= 0.3 is 5.97 Å². The van der Waals surface area contributed by atoms with E-state index < -0.39 is 5.97 Å². The van der Waals surface area contributed by atoms with Crippen molar-refractivity contribution in [2.24, 2.45) is 0 Å². The number of aliphatic carboxylic acids is 1. The normalized spacial score (nSPS) is 12.3. The van der Waals surface area contributed by atoms with Gasteiger partial charge in [-0.2, -0.15) is 0 Å². The Morgan fingerprint density at radius 2 is 2.00 bits per heavy atom. The van der Waals surface area contributed by atoms with Crippen molar-refractivity contribution in [2.45, 2.75) is 19.4 Å². The smallest absolute Gasteiger partial charge is 0.305 e. The minimum absolute atomic E-state index is 0.0855. The van der Waals surface area contributed by atoms with Crippen LogP contribution < -0.4 is 5.32 Å². The van der Waals surface area contributed by atoms with Gasteiger partial charge in [0.15, 0.2) is 0 Å². The van der Waals surface area contributed by atoms with Gasteiger partial charge in [0.1, 0.15) is 0 Å². The number of carboxylic acids is 1. The molecule has 1 atom stereocenters. The Kier molecular flexibility index (Phi) is 5.58. The third-order valence-electron chi connectivity index (χ3n) is 2.17. The number of hydrogen-bond acceptors (Lipinski definition) is 2. The minimum Gasteiger partial charge on any atom is -0.481 e. The standard InChI is InChI=1S/C13H14BrNO3/c1-9(8-13(17)18)15-12(16)7-4-10-2-5-11(14)6-3-10/h2-7,9H,8H2,1H3,(H,15,16)(H,17,18)/b7-4+. The van der Waals surface area contributed by atoms with E-state index in [9.17, 15) is 9.59 Å². The quantitative estimate of drug-likeness (QED) is 0.821. The van der Waals surface area contributed by atoms with Gasteiger partial charge in [-0.25, -0.2) is 0 Å². The van der Waals surface area contributed by atoms with E-state index in [1.165, 1.54) is 6.08 Å². The Hall–Kier alpha value is -1.62. The van der Waals surface area contributed by atoms with Crippen molar-refractivity contribution in [3.63, 3.8) is 0 Å². The van der Waals surface area contributed by atoms with Gasteiger partial charge in [-0.15, -0.1) is 0 Å². The number of carbonyl (C=O) groups is 2. The highest BCUT2D eigenvalue weighted by Crippen LogP contribution is 2.11. The zero-order chi connectivity index (χ0) is 13.5. The van der Waals surface area contributed by atoms with E-state index in [-0.39, 0.29) is 18.4 Å². The number of halogens is 1. The van der Waals surface area contributed by atoms with E-state index in [1.807, 2.05) is 24.3 Å². The van der Waals surface area contributed by atoms with Crippen LogP contribution in [-0.4, -0.2) is 23.0 Å². The summed E-state index contributed by atoms with van der Waals surface area (Å²) in [5.74, 6) is -1.23. The first-order valence-electron chi connectivity index (χ1n) is 5.43. The molecule has 0 aliphatic heterocycles. The van der Waals surface area contributed by atoms with Crippen LogP contribution >= 0.6 is 15.9 Å². The number of benzene rings is 1. The van der Waals surface area contributed by atoms with Crippen LogP contribution in [0.3, 0.4) is 0 Å². The molecule has 0 radical (unpaired) electrons. The molecule has 2 N–H and O–H groups in total. The molecule has 1 rings (SSSR count). The van der Waals surface area contributed by atoms with Crippen LogP contribution in [0.2, 0.25) is 0 Å². The van der Waals surface area contributed by atoms with E-state index in [2.05, 4.69) is 21.2 Å². The summed E-state index contributed by atoms with van der Waals surface area (Å²) in [5, 5.41) is 11.1. The molecular weight excluding hydrogens is 298 g/mol. The molecule has 1 amide bonds. The number of carboxylic acid groups (broad SMARTS) is 1. The van der Waals surface area contributed by atoms with Gasteiger partial charge in [-0.05, 0) is 30.7 Å². The van der Waals surface area contributed by atoms with Gasteiger partial charge in [0.25, 0.3) is 0 Å². The van der Waals surface area contributed by atoms with Crippen molar-refractivity contribution < 1.29 is 14.7 Å². The molecule has 0 aromatic heterocycles. The number of nitrogens with one attached hydrogen (secondary N) is 1. The SMILES string of the molecule is CC(CC(=O)O)NC(=O)/C=C/c1ccc(Br)cc1. The van der Waals surface area contributed by atoms with Crippen LogP contribution in [0.25, 0.3) is 6.08 Å². The number of carbonyl (C=O) groups excluding carboxylic acids is 1. The lowest BCUT2D eigenvalue weighted by molar-refractivity contribution is -0.137. The molecule has 5 heteroatoms. The first-order chi connectivity index (χ1) is 8.47. The van der Waals surface area contributed by atoms with Gasteiger partial charge in [0, 0.05) is 16.6 Å². The second kappa shape index (κ2) is 6.96. The maximum Gasteiger partial charge on any atom is 0.305 e. The summed E-state index contributed by atoms with van der Waals surface area (Å²) >= 11 is 3.32. The molecular formula is C13H14BrNO3. The third-order valence-corrected chi connectivity index (χ3v) is 2.70. The molecule has 1 aromatic rings. The van der Waals surface area contributed by atoms with Crippen molar-refractivity contribution in [1.82, 2.24) is 5.32 Å². The third kappa shape index (κ3) is 5.63. The Morgan fingerprint density at radius 1 is 1.39 bits per heavy atom. The largest absolute Gasteiger partial charge is 0.481 e. The summed E-state index contributed by atoms with van der Waals surface area (Å²) in [6, 6.07) is 7.11. The summed E-state index contributed by atoms with van der Waals surface area (Å²) in [7, 11) is 0. The van der Waals surface area contributed by atoms with Gasteiger partial charge < -0.3 is 10.4 Å². The van der Waals surface area contributed by atoms with Gasteiger partial charge in [0.05, 0.1) is 6.42 Å². The lowest BCUT2D eigenvalue weighted by Gasteiger charge is -2.08. The molecule has 0 aliphatic rings. The number of amides is 1. The van der Waals surface area contributed by atoms with Crippen LogP contribution in [0.5, 0.6) is 0 Å². The first-order valence-corrected chi connectivity index (χ1v) is 6.22. The van der Waals surface area contributed by atoms with Crippen LogP contribution in [0.1, 0.15) is 18.9 Å². The second-order valence-electron chi connectivity index (χ2n) is 3.89. The van der Waals surface area contributed by atoms with Crippen LogP contribution in [-0.2, 0) is 9.59 Å². The highest BCUT2D eigenvalue weighted by atomic mass is 79.9. The average Bonchev–Trinajstić information content (AvgIpc) is 2.27. The summed E-state index contributed by atoms with van der Waals surface area (Å²) in [6.07, 6.45) is 2.98. The molecule has 0 saturated carbocycles. The van der Waals surface area contributed by atoms with Crippen molar-refractivity contribution in [3.05, 3.63) is 40.4 Å². The van der Waals surface area contributed by atoms with Gasteiger partial charge in [-0.1, -0.05) is 28.1 Å². The summed E-state index contributed by atoms with van der Waals surface area (Å²) < 4.78 is 0.971. The Labute approximate surface area is 114 Å². The van der Waals surface area contributed by atoms with E-state index in [4.69, 9.17) is 5.11 Å². The Bertz CT molecular complexity index is 454. The molecule has 0 heterocycles. The fourth-order valence-corrected chi connectivity index (χ4v) is 1.61. The highest BCUT2D eigenvalue weighted by molar-refractivity contribution is 9.10. The van der Waals surface area contributed by atoms with Gasteiger partial charge in [-0.3, -0.25) is 9.59 Å². The summed E-state index contributed by atoms with van der Waals surface area (Å²) in [4.78, 5) is 21.9. The van der Waals surface area contributed by atoms with E-state index >= 15 is 0 Å². The zero-order valence-corrected chi connectivity index (χ0v) is 11.5. The number of rotatable bonds is 5. The summed E-state index contributed by atoms with van der Waals surface area (Å²) in [6.45, 7) is 1.65. The fourth-order valence-electron chi connectivity index (χ4n) is 1.35. The lowest BCUT2D eigenvalue weighted by Crippen LogP contribution is -2.32. The molecule has 0 spiro atoms. The second-order valence-corrected chi connectivity index (χ2v) is 4.81. The van der Waals surface area contributed by atoms with E-state index in [1.54, 1.807) is 13.0 Å². The fraction of sp³-hybridized carbons (Fsp3) is 0.231. The van der Waals surface area contributed by atoms with E-state index in [0.717, 1.165) is 10.0 Å². The molecule has 4 nitrogen and oxygen atoms in total. The molecule has 1 aromatic carbocycles. The molecule has 0 saturated heterocycles. The van der Waals surface area contributed by atoms with Crippen LogP contribution in [0, 0.1) is 0 Å². The van der Waals surface area contributed by atoms with Crippen molar-refractivity contribution in [2.75, 3.05) is 0 Å². The monoisotopic (exact) mass is 311 g/mol. The van der Waals surface area contributed by atoms with Crippen molar-refractivity contribution >= 4 is 33.9 Å². The van der Waals surface area contributed by atoms with Crippen LogP contribution in [0.4, 0.5) is 0 Å². The molecule has 1 unspecified atom stereocenters. The van der Waals surface area contributed by atoms with Crippen molar-refractivity contribution in [1.29, 1.82) is 0 Å². The summed E-state index contributed by atoms with van der Waals surface area (Å²) in [5.41, 5.74) is 0.902. The predicted molar refractivity (Wildman–Crippen MR) is 73.0 cm³/mol. The molecule has 0 bridgehead atoms. The Morgan fingerprint density at radius 3 is 2.56 bits per heavy atom. The maximum absolute atomic E-state index is 11.5. The lowest BCUT2D eigenvalue weighted by atomic mass is 10.2. The zero-order valence-electron chi connectivity index (χ0n) is 9.89. The highest BCUT2D eigenvalue weighted by Gasteiger charge is 2.08. The predicted octanol–water partition coefficient (Wildman–Crippen LogP) is 2.44. The maximum atomic E-state index is 11.5. The molecule has 0 aliphatic carbocycles. The van der Waals surface area contributed by atoms with Crippen molar-refractivity contribution in [3.8, 4) is 0 Å². The average molecular weight is 312 g/mol. The number of hydrogen-bond donors (Lipinski definition) is 2.